The first-order valence-electron chi connectivity index (χ1n) is 8.13. The molecule has 0 saturated heterocycles. The summed E-state index contributed by atoms with van der Waals surface area (Å²) in [5, 5.41) is 17.5. The Morgan fingerprint density at radius 1 is 1.00 bits per heavy atom. The Hall–Kier alpha value is -3.30. The number of nitrogens with two attached hydrogens (primary N) is 1. The molecule has 0 aliphatic heterocycles. The van der Waals surface area contributed by atoms with Crippen molar-refractivity contribution in [2.24, 2.45) is 0 Å². The van der Waals surface area contributed by atoms with Gasteiger partial charge in [0, 0.05) is 18.2 Å². The second-order valence-corrected chi connectivity index (χ2v) is 6.09. The number of nitrogens with zero attached hydrogens (tertiary/aromatic N) is 4. The zero-order chi connectivity index (χ0) is 18.7. The predicted molar refractivity (Wildman–Crippen MR) is 100 cm³/mol. The van der Waals surface area contributed by atoms with Crippen molar-refractivity contribution >= 4 is 5.95 Å². The Balaban J connectivity index is 2.14. The molecule has 26 heavy (non-hydrogen) atoms. The monoisotopic (exact) mass is 345 g/mol. The summed E-state index contributed by atoms with van der Waals surface area (Å²) in [5.74, 6) is 0.117. The highest BCUT2D eigenvalue weighted by atomic mass is 16.5. The molecule has 0 aliphatic carbocycles. The van der Waals surface area contributed by atoms with E-state index in [1.165, 1.54) is 0 Å². The van der Waals surface area contributed by atoms with Crippen molar-refractivity contribution in [3.8, 4) is 28.6 Å². The molecule has 0 unspecified atom stereocenters. The summed E-state index contributed by atoms with van der Waals surface area (Å²) in [6.07, 6.45) is 0. The second kappa shape index (κ2) is 7.30. The number of hydrogen-bond donors (Lipinski definition) is 1. The first-order valence-corrected chi connectivity index (χ1v) is 8.13. The summed E-state index contributed by atoms with van der Waals surface area (Å²) < 4.78 is 5.15. The lowest BCUT2D eigenvalue weighted by Crippen LogP contribution is -2.03. The third-order valence-corrected chi connectivity index (χ3v) is 4.16. The average Bonchev–Trinajstić information content (AvgIpc) is 2.62. The first-order chi connectivity index (χ1) is 12.5. The number of hydrogen-bond acceptors (Lipinski definition) is 6. The van der Waals surface area contributed by atoms with Gasteiger partial charge in [0.05, 0.1) is 18.2 Å². The van der Waals surface area contributed by atoms with Crippen molar-refractivity contribution in [3.63, 3.8) is 0 Å². The van der Waals surface area contributed by atoms with Gasteiger partial charge in [0.2, 0.25) is 5.95 Å². The number of nitriles is 1. The van der Waals surface area contributed by atoms with Crippen molar-refractivity contribution < 1.29 is 4.74 Å². The molecular weight excluding hydrogens is 326 g/mol. The third kappa shape index (κ3) is 3.39. The number of ether oxygens (including phenoxy) is 1. The molecule has 0 bridgehead atoms. The number of methoxy groups -OCH3 is 1. The normalized spacial score (nSPS) is 10.5. The van der Waals surface area contributed by atoms with Gasteiger partial charge in [0.1, 0.15) is 11.4 Å². The fraction of sp³-hybridized carbons (Fsp3) is 0.200. The lowest BCUT2D eigenvalue weighted by atomic mass is 9.96. The Bertz CT molecular complexity index is 967. The Morgan fingerprint density at radius 2 is 1.65 bits per heavy atom. The van der Waals surface area contributed by atoms with Crippen LogP contribution in [0.1, 0.15) is 22.3 Å². The number of aryl methyl sites for hydroxylation is 2. The largest absolute Gasteiger partial charge is 0.380 e. The molecule has 130 valence electrons. The van der Waals surface area contributed by atoms with Gasteiger partial charge in [-0.3, -0.25) is 0 Å². The average molecular weight is 345 g/mol. The van der Waals surface area contributed by atoms with Gasteiger partial charge >= 0.3 is 0 Å². The molecule has 3 rings (SSSR count). The van der Waals surface area contributed by atoms with E-state index in [9.17, 15) is 5.26 Å². The molecule has 6 nitrogen and oxygen atoms in total. The van der Waals surface area contributed by atoms with Crippen LogP contribution in [0, 0.1) is 25.2 Å². The minimum Gasteiger partial charge on any atom is -0.380 e. The molecule has 0 spiro atoms. The van der Waals surface area contributed by atoms with Crippen LogP contribution in [-0.4, -0.2) is 22.3 Å². The summed E-state index contributed by atoms with van der Waals surface area (Å²) in [5.41, 5.74) is 12.3. The number of anilines is 1. The second-order valence-electron chi connectivity index (χ2n) is 6.09. The highest BCUT2D eigenvalue weighted by Crippen LogP contribution is 2.31. The third-order valence-electron chi connectivity index (χ3n) is 4.16. The molecule has 0 fully saturated rings. The molecule has 2 N–H and O–H groups in total. The minimum atomic E-state index is 0.117. The van der Waals surface area contributed by atoms with Crippen LogP contribution >= 0.6 is 0 Å². The maximum Gasteiger partial charge on any atom is 0.240 e. The van der Waals surface area contributed by atoms with E-state index in [2.05, 4.69) is 21.3 Å². The molecule has 0 saturated carbocycles. The summed E-state index contributed by atoms with van der Waals surface area (Å²) in [7, 11) is 1.66. The Labute approximate surface area is 152 Å². The lowest BCUT2D eigenvalue weighted by Gasteiger charge is -2.11. The number of aromatic nitrogens is 3. The molecule has 0 atom stereocenters. The standard InChI is InChI=1S/C20H19N5O/c1-12-8-16(9-13(2)17(12)10-21)19-18(23-20(22)25-24-19)15-6-4-14(5-7-15)11-26-3/h4-9H,11H2,1-3H3,(H2,22,23,25). The molecule has 0 aliphatic rings. The van der Waals surface area contributed by atoms with Gasteiger partial charge in [0.25, 0.3) is 0 Å². The number of rotatable bonds is 4. The van der Waals surface area contributed by atoms with E-state index >= 15 is 0 Å². The zero-order valence-corrected chi connectivity index (χ0v) is 14.9. The smallest absolute Gasteiger partial charge is 0.240 e. The topological polar surface area (TPSA) is 97.7 Å². The van der Waals surface area contributed by atoms with Crippen molar-refractivity contribution in [2.45, 2.75) is 20.5 Å². The zero-order valence-electron chi connectivity index (χ0n) is 14.9. The SMILES string of the molecule is COCc1ccc(-c2nc(N)nnc2-c2cc(C)c(C#N)c(C)c2)cc1. The highest BCUT2D eigenvalue weighted by Gasteiger charge is 2.15. The maximum atomic E-state index is 9.28. The van der Waals surface area contributed by atoms with Crippen LogP contribution in [0.2, 0.25) is 0 Å². The maximum absolute atomic E-state index is 9.28. The molecule has 0 radical (unpaired) electrons. The van der Waals surface area contributed by atoms with E-state index in [-0.39, 0.29) is 5.95 Å². The molecule has 2 aromatic carbocycles. The van der Waals surface area contributed by atoms with Gasteiger partial charge in [-0.1, -0.05) is 24.3 Å². The summed E-state index contributed by atoms with van der Waals surface area (Å²) in [6.45, 7) is 4.37. The minimum absolute atomic E-state index is 0.117. The number of nitrogen functional groups attached to an aromatic ring is 1. The van der Waals surface area contributed by atoms with Gasteiger partial charge in [0.15, 0.2) is 0 Å². The van der Waals surface area contributed by atoms with Crippen LogP contribution in [0.4, 0.5) is 5.95 Å². The van der Waals surface area contributed by atoms with Gasteiger partial charge in [-0.05, 0) is 42.7 Å². The van der Waals surface area contributed by atoms with Gasteiger partial charge < -0.3 is 10.5 Å². The summed E-state index contributed by atoms with van der Waals surface area (Å²) in [6, 6.07) is 14.0. The van der Waals surface area contributed by atoms with Crippen LogP contribution in [0.15, 0.2) is 36.4 Å². The predicted octanol–water partition coefficient (Wildman–Crippen LogP) is 3.42. The van der Waals surface area contributed by atoms with Crippen molar-refractivity contribution in [2.75, 3.05) is 12.8 Å². The van der Waals surface area contributed by atoms with E-state index in [0.29, 0.717) is 23.6 Å². The van der Waals surface area contributed by atoms with Crippen LogP contribution in [0.25, 0.3) is 22.5 Å². The Morgan fingerprint density at radius 3 is 2.23 bits per heavy atom. The first kappa shape index (κ1) is 17.5. The Kier molecular flexibility index (Phi) is 4.92. The van der Waals surface area contributed by atoms with Crippen molar-refractivity contribution in [1.82, 2.24) is 15.2 Å². The van der Waals surface area contributed by atoms with E-state index in [0.717, 1.165) is 27.8 Å². The van der Waals surface area contributed by atoms with Gasteiger partial charge in [-0.2, -0.15) is 5.26 Å². The number of benzene rings is 2. The molecule has 3 aromatic rings. The van der Waals surface area contributed by atoms with E-state index < -0.39 is 0 Å². The molecule has 6 heteroatoms. The molecule has 1 heterocycles. The van der Waals surface area contributed by atoms with E-state index in [1.807, 2.05) is 50.2 Å². The van der Waals surface area contributed by atoms with Crippen molar-refractivity contribution in [3.05, 3.63) is 58.7 Å². The molecular formula is C20H19N5O. The van der Waals surface area contributed by atoms with Crippen LogP contribution in [-0.2, 0) is 11.3 Å². The lowest BCUT2D eigenvalue weighted by molar-refractivity contribution is 0.185. The van der Waals surface area contributed by atoms with Crippen LogP contribution < -0.4 is 5.73 Å². The highest BCUT2D eigenvalue weighted by molar-refractivity contribution is 5.79. The fourth-order valence-electron chi connectivity index (χ4n) is 2.94. The van der Waals surface area contributed by atoms with Crippen molar-refractivity contribution in [1.29, 1.82) is 5.26 Å². The van der Waals surface area contributed by atoms with Gasteiger partial charge in [-0.25, -0.2) is 4.98 Å². The van der Waals surface area contributed by atoms with Crippen LogP contribution in [0.3, 0.4) is 0 Å². The summed E-state index contributed by atoms with van der Waals surface area (Å²) >= 11 is 0. The summed E-state index contributed by atoms with van der Waals surface area (Å²) in [4.78, 5) is 4.41. The van der Waals surface area contributed by atoms with E-state index in [1.54, 1.807) is 7.11 Å². The molecule has 0 amide bonds. The van der Waals surface area contributed by atoms with Crippen LogP contribution in [0.5, 0.6) is 0 Å². The fourth-order valence-corrected chi connectivity index (χ4v) is 2.94. The quantitative estimate of drug-likeness (QED) is 0.778. The van der Waals surface area contributed by atoms with Gasteiger partial charge in [-0.15, -0.1) is 10.2 Å². The van der Waals surface area contributed by atoms with E-state index in [4.69, 9.17) is 10.5 Å². The molecule has 1 aromatic heterocycles.